The molecule has 3 N–H and O–H groups in total. The van der Waals surface area contributed by atoms with Gasteiger partial charge in [-0.15, -0.1) is 0 Å². The van der Waals surface area contributed by atoms with Crippen LogP contribution in [0.5, 0.6) is 0 Å². The molecule has 0 aliphatic heterocycles. The number of carbonyl (C=O) groups excluding carboxylic acids is 4. The summed E-state index contributed by atoms with van der Waals surface area (Å²) in [4.78, 5) is 49.3. The lowest BCUT2D eigenvalue weighted by Gasteiger charge is -2.18. The van der Waals surface area contributed by atoms with E-state index in [0.29, 0.717) is 5.75 Å². The SMILES string of the molecule is O=C(CNC(=O)C(CSCc1ccccc1)NC(=O)OCc1ccccc1)NCC(=O)OCc1ccccc1. The summed E-state index contributed by atoms with van der Waals surface area (Å²) in [6, 6.07) is 27.1. The van der Waals surface area contributed by atoms with Gasteiger partial charge in [-0.1, -0.05) is 91.0 Å². The summed E-state index contributed by atoms with van der Waals surface area (Å²) >= 11 is 1.46. The zero-order valence-corrected chi connectivity index (χ0v) is 22.2. The van der Waals surface area contributed by atoms with Crippen LogP contribution < -0.4 is 16.0 Å². The second kappa shape index (κ2) is 16.5. The summed E-state index contributed by atoms with van der Waals surface area (Å²) in [5, 5.41) is 7.50. The number of alkyl carbamates (subject to hydrolysis) is 1. The fourth-order valence-corrected chi connectivity index (χ4v) is 4.29. The lowest BCUT2D eigenvalue weighted by atomic mass is 10.2. The molecule has 1 unspecified atom stereocenters. The molecule has 0 fully saturated rings. The lowest BCUT2D eigenvalue weighted by molar-refractivity contribution is -0.145. The van der Waals surface area contributed by atoms with Crippen molar-refractivity contribution in [3.63, 3.8) is 0 Å². The van der Waals surface area contributed by atoms with E-state index < -0.39 is 29.9 Å². The summed E-state index contributed by atoms with van der Waals surface area (Å²) in [7, 11) is 0. The number of esters is 1. The second-order valence-corrected chi connectivity index (χ2v) is 9.43. The van der Waals surface area contributed by atoms with Gasteiger partial charge in [-0.3, -0.25) is 14.4 Å². The van der Waals surface area contributed by atoms with Crippen molar-refractivity contribution in [1.29, 1.82) is 0 Å². The van der Waals surface area contributed by atoms with Gasteiger partial charge in [0.05, 0.1) is 6.54 Å². The average Bonchev–Trinajstić information content (AvgIpc) is 2.97. The van der Waals surface area contributed by atoms with Crippen molar-refractivity contribution in [2.75, 3.05) is 18.8 Å². The minimum absolute atomic E-state index is 0.0565. The Labute approximate surface area is 231 Å². The van der Waals surface area contributed by atoms with Crippen molar-refractivity contribution in [2.45, 2.75) is 25.0 Å². The van der Waals surface area contributed by atoms with Gasteiger partial charge in [0.15, 0.2) is 0 Å². The van der Waals surface area contributed by atoms with Crippen molar-refractivity contribution < 1.29 is 28.7 Å². The minimum Gasteiger partial charge on any atom is -0.460 e. The number of hydrogen-bond acceptors (Lipinski definition) is 7. The van der Waals surface area contributed by atoms with E-state index in [1.165, 1.54) is 11.8 Å². The molecule has 0 aromatic heterocycles. The van der Waals surface area contributed by atoms with E-state index in [1.807, 2.05) is 91.0 Å². The van der Waals surface area contributed by atoms with Crippen LogP contribution in [0.1, 0.15) is 16.7 Å². The topological polar surface area (TPSA) is 123 Å². The quantitative estimate of drug-likeness (QED) is 0.264. The molecule has 0 saturated heterocycles. The molecule has 0 aliphatic carbocycles. The maximum absolute atomic E-state index is 12.8. The third kappa shape index (κ3) is 11.7. The molecule has 3 amide bonds. The number of carbonyl (C=O) groups is 4. The van der Waals surface area contributed by atoms with E-state index in [0.717, 1.165) is 16.7 Å². The molecular formula is C29H31N3O6S. The van der Waals surface area contributed by atoms with E-state index in [1.54, 1.807) is 0 Å². The van der Waals surface area contributed by atoms with Crippen LogP contribution in [0.3, 0.4) is 0 Å². The van der Waals surface area contributed by atoms with Crippen molar-refractivity contribution >= 4 is 35.6 Å². The molecule has 3 rings (SSSR count). The van der Waals surface area contributed by atoms with Crippen molar-refractivity contribution in [2.24, 2.45) is 0 Å². The predicted octanol–water partition coefficient (Wildman–Crippen LogP) is 3.19. The maximum Gasteiger partial charge on any atom is 0.408 e. The van der Waals surface area contributed by atoms with E-state index in [9.17, 15) is 19.2 Å². The molecule has 39 heavy (non-hydrogen) atoms. The van der Waals surface area contributed by atoms with Crippen molar-refractivity contribution in [1.82, 2.24) is 16.0 Å². The second-order valence-electron chi connectivity index (χ2n) is 8.40. The molecule has 204 valence electrons. The Balaban J connectivity index is 1.44. The van der Waals surface area contributed by atoms with Gasteiger partial charge in [0.1, 0.15) is 25.8 Å². The van der Waals surface area contributed by atoms with Crippen LogP contribution >= 0.6 is 11.8 Å². The monoisotopic (exact) mass is 549 g/mol. The van der Waals surface area contributed by atoms with Gasteiger partial charge in [-0.25, -0.2) is 4.79 Å². The van der Waals surface area contributed by atoms with Crippen molar-refractivity contribution in [3.8, 4) is 0 Å². The van der Waals surface area contributed by atoms with Crippen LogP contribution in [0.25, 0.3) is 0 Å². The Morgan fingerprint density at radius 3 is 1.79 bits per heavy atom. The first-order chi connectivity index (χ1) is 19.0. The normalized spacial score (nSPS) is 11.1. The van der Waals surface area contributed by atoms with Crippen LogP contribution in [-0.2, 0) is 42.8 Å². The summed E-state index contributed by atoms with van der Waals surface area (Å²) in [6.45, 7) is -0.547. The summed E-state index contributed by atoms with van der Waals surface area (Å²) in [6.07, 6.45) is -0.745. The first-order valence-electron chi connectivity index (χ1n) is 12.3. The zero-order chi connectivity index (χ0) is 27.7. The van der Waals surface area contributed by atoms with E-state index in [4.69, 9.17) is 9.47 Å². The predicted molar refractivity (Wildman–Crippen MR) is 148 cm³/mol. The Morgan fingerprint density at radius 2 is 1.21 bits per heavy atom. The molecule has 3 aromatic carbocycles. The van der Waals surface area contributed by atoms with E-state index in [2.05, 4.69) is 16.0 Å². The van der Waals surface area contributed by atoms with Crippen LogP contribution in [0, 0.1) is 0 Å². The van der Waals surface area contributed by atoms with Crippen LogP contribution in [-0.4, -0.2) is 48.8 Å². The van der Waals surface area contributed by atoms with Crippen LogP contribution in [0.15, 0.2) is 91.0 Å². The molecule has 3 aromatic rings. The van der Waals surface area contributed by atoms with Gasteiger partial charge >= 0.3 is 12.1 Å². The molecule has 0 radical (unpaired) electrons. The number of amides is 3. The minimum atomic E-state index is -0.939. The highest BCUT2D eigenvalue weighted by atomic mass is 32.2. The first-order valence-corrected chi connectivity index (χ1v) is 13.5. The average molecular weight is 550 g/mol. The summed E-state index contributed by atoms with van der Waals surface area (Å²) < 4.78 is 10.4. The Hall–Kier alpha value is -4.31. The molecule has 10 heteroatoms. The molecule has 0 saturated carbocycles. The van der Waals surface area contributed by atoms with E-state index in [-0.39, 0.29) is 32.1 Å². The maximum atomic E-state index is 12.8. The number of thioether (sulfide) groups is 1. The zero-order valence-electron chi connectivity index (χ0n) is 21.3. The Kier molecular flexibility index (Phi) is 12.4. The third-order valence-electron chi connectivity index (χ3n) is 5.31. The highest BCUT2D eigenvalue weighted by molar-refractivity contribution is 7.98. The lowest BCUT2D eigenvalue weighted by Crippen LogP contribution is -2.50. The standard InChI is InChI=1S/C29H31N3O6S/c33-26(30-17-27(34)37-18-22-10-4-1-5-11-22)16-31-28(35)25(21-39-20-24-14-8-3-9-15-24)32-29(36)38-19-23-12-6-2-7-13-23/h1-15,25H,16-21H2,(H,30,33)(H,31,35)(H,32,36). The molecule has 0 heterocycles. The number of rotatable bonds is 14. The van der Waals surface area contributed by atoms with Crippen molar-refractivity contribution in [3.05, 3.63) is 108 Å². The number of ether oxygens (including phenoxy) is 2. The van der Waals surface area contributed by atoms with Gasteiger partial charge in [0.25, 0.3) is 0 Å². The molecule has 0 spiro atoms. The number of benzene rings is 3. The first kappa shape index (κ1) is 29.2. The molecule has 0 aliphatic rings. The fraction of sp³-hybridized carbons (Fsp3) is 0.241. The Bertz CT molecular complexity index is 1200. The van der Waals surface area contributed by atoms with Gasteiger partial charge in [-0.05, 0) is 16.7 Å². The van der Waals surface area contributed by atoms with Crippen LogP contribution in [0.2, 0.25) is 0 Å². The smallest absolute Gasteiger partial charge is 0.408 e. The molecule has 9 nitrogen and oxygen atoms in total. The fourth-order valence-electron chi connectivity index (χ4n) is 3.27. The third-order valence-corrected chi connectivity index (χ3v) is 6.42. The van der Waals surface area contributed by atoms with Gasteiger partial charge in [0.2, 0.25) is 11.8 Å². The van der Waals surface area contributed by atoms with Gasteiger partial charge in [0, 0.05) is 11.5 Å². The molecule has 1 atom stereocenters. The highest BCUT2D eigenvalue weighted by Gasteiger charge is 2.22. The molecule has 0 bridgehead atoms. The summed E-state index contributed by atoms with van der Waals surface area (Å²) in [5.41, 5.74) is 2.72. The van der Waals surface area contributed by atoms with E-state index >= 15 is 0 Å². The van der Waals surface area contributed by atoms with Gasteiger partial charge < -0.3 is 25.4 Å². The molecular weight excluding hydrogens is 518 g/mol. The Morgan fingerprint density at radius 1 is 0.667 bits per heavy atom. The largest absolute Gasteiger partial charge is 0.460 e. The number of nitrogens with one attached hydrogen (secondary N) is 3. The number of hydrogen-bond donors (Lipinski definition) is 3. The van der Waals surface area contributed by atoms with Crippen LogP contribution in [0.4, 0.5) is 4.79 Å². The summed E-state index contributed by atoms with van der Waals surface area (Å²) in [5.74, 6) is -0.820. The van der Waals surface area contributed by atoms with Gasteiger partial charge in [-0.2, -0.15) is 11.8 Å². The highest BCUT2D eigenvalue weighted by Crippen LogP contribution is 2.13.